The standard InChI is InChI=1S/C37H37ClN4O5S/c1-21-34(48-22(2)39-21)29-12-10-24-17-28(26(20-43)18-30(24)40-29)33-32(23-7-5-4-6-8-23)27-11-9-25(37(45)46-3)19-31(27)42(33)35(38)36(44)41-13-15-47-16-14-41/h9-12,17-20,23,35H,4-8,13-16H2,1-3H3. The number of ether oxygens (including phenoxy) is 2. The Bertz CT molecular complexity index is 2060. The molecule has 2 aromatic carbocycles. The van der Waals surface area contributed by atoms with Crippen molar-refractivity contribution in [2.24, 2.45) is 0 Å². The maximum atomic E-state index is 14.1. The number of aryl methyl sites for hydroxylation is 2. The van der Waals surface area contributed by atoms with Gasteiger partial charge in [-0.2, -0.15) is 0 Å². The van der Waals surface area contributed by atoms with Crippen LogP contribution < -0.4 is 0 Å². The van der Waals surface area contributed by atoms with Crippen molar-refractivity contribution in [3.63, 3.8) is 0 Å². The number of aromatic nitrogens is 3. The number of methoxy groups -OCH3 is 1. The molecule has 9 nitrogen and oxygen atoms in total. The number of carbonyl (C=O) groups is 3. The first-order valence-corrected chi connectivity index (χ1v) is 17.7. The maximum absolute atomic E-state index is 14.1. The van der Waals surface area contributed by atoms with E-state index >= 15 is 0 Å². The Morgan fingerprint density at radius 3 is 2.50 bits per heavy atom. The van der Waals surface area contributed by atoms with E-state index in [2.05, 4.69) is 4.98 Å². The van der Waals surface area contributed by atoms with Crippen molar-refractivity contribution in [2.75, 3.05) is 33.4 Å². The molecule has 1 amide bonds. The molecule has 0 N–H and O–H groups in total. The zero-order valence-corrected chi connectivity index (χ0v) is 28.8. The van der Waals surface area contributed by atoms with Crippen molar-refractivity contribution in [3.8, 4) is 21.8 Å². The summed E-state index contributed by atoms with van der Waals surface area (Å²) in [6.45, 7) is 5.68. The van der Waals surface area contributed by atoms with Gasteiger partial charge in [0.15, 0.2) is 11.8 Å². The summed E-state index contributed by atoms with van der Waals surface area (Å²) in [5, 5.41) is 2.73. The Morgan fingerprint density at radius 1 is 1.04 bits per heavy atom. The van der Waals surface area contributed by atoms with Crippen molar-refractivity contribution in [1.29, 1.82) is 0 Å². The molecule has 7 rings (SSSR count). The van der Waals surface area contributed by atoms with Crippen LogP contribution in [-0.2, 0) is 14.3 Å². The molecule has 248 valence electrons. The topological polar surface area (TPSA) is 104 Å². The highest BCUT2D eigenvalue weighted by Gasteiger charge is 2.34. The molecule has 5 aromatic rings. The van der Waals surface area contributed by atoms with Gasteiger partial charge in [0.25, 0.3) is 5.91 Å². The van der Waals surface area contributed by atoms with Gasteiger partial charge >= 0.3 is 5.97 Å². The zero-order valence-electron chi connectivity index (χ0n) is 27.3. The van der Waals surface area contributed by atoms with E-state index in [1.54, 1.807) is 28.4 Å². The fraction of sp³-hybridized carbons (Fsp3) is 0.378. The van der Waals surface area contributed by atoms with E-state index in [-0.39, 0.29) is 11.8 Å². The molecule has 0 spiro atoms. The van der Waals surface area contributed by atoms with Crippen LogP contribution >= 0.6 is 22.9 Å². The van der Waals surface area contributed by atoms with E-state index in [1.165, 1.54) is 7.11 Å². The van der Waals surface area contributed by atoms with Crippen LogP contribution in [0, 0.1) is 13.8 Å². The third-order valence-electron chi connectivity index (χ3n) is 9.61. The molecular formula is C37H37ClN4O5S. The monoisotopic (exact) mass is 684 g/mol. The van der Waals surface area contributed by atoms with E-state index in [1.807, 2.05) is 48.7 Å². The van der Waals surface area contributed by atoms with Crippen molar-refractivity contribution < 1.29 is 23.9 Å². The van der Waals surface area contributed by atoms with Crippen molar-refractivity contribution in [3.05, 3.63) is 69.9 Å². The number of esters is 1. The summed E-state index contributed by atoms with van der Waals surface area (Å²) in [6.07, 6.45) is 6.11. The number of rotatable bonds is 7. The normalized spacial score (nSPS) is 16.4. The van der Waals surface area contributed by atoms with Gasteiger partial charge in [-0.25, -0.2) is 14.8 Å². The molecule has 2 aliphatic rings. The first-order chi connectivity index (χ1) is 23.3. The van der Waals surface area contributed by atoms with Crippen LogP contribution in [0.1, 0.15) is 80.5 Å². The van der Waals surface area contributed by atoms with Gasteiger partial charge in [0.05, 0.1) is 63.9 Å². The third-order valence-corrected chi connectivity index (χ3v) is 11.1. The number of thiazole rings is 1. The second kappa shape index (κ2) is 13.4. The number of pyridine rings is 1. The van der Waals surface area contributed by atoms with Gasteiger partial charge < -0.3 is 18.9 Å². The minimum atomic E-state index is -1.14. The van der Waals surface area contributed by atoms with E-state index in [0.717, 1.165) is 81.7 Å². The number of benzene rings is 2. The molecule has 4 heterocycles. The average Bonchev–Trinajstić information content (AvgIpc) is 3.65. The average molecular weight is 685 g/mol. The smallest absolute Gasteiger partial charge is 0.337 e. The van der Waals surface area contributed by atoms with Gasteiger partial charge in [-0.05, 0) is 68.5 Å². The summed E-state index contributed by atoms with van der Waals surface area (Å²) in [5.74, 6) is -0.563. The van der Waals surface area contributed by atoms with E-state index in [9.17, 15) is 14.4 Å². The summed E-state index contributed by atoms with van der Waals surface area (Å²) in [7, 11) is 1.35. The Morgan fingerprint density at radius 2 is 1.81 bits per heavy atom. The Labute approximate surface area is 287 Å². The van der Waals surface area contributed by atoms with Gasteiger partial charge in [-0.15, -0.1) is 11.3 Å². The number of nitrogens with zero attached hydrogens (tertiary/aromatic N) is 4. The van der Waals surface area contributed by atoms with Gasteiger partial charge in [0.2, 0.25) is 0 Å². The predicted octanol–water partition coefficient (Wildman–Crippen LogP) is 7.84. The molecule has 0 radical (unpaired) electrons. The molecule has 2 fully saturated rings. The lowest BCUT2D eigenvalue weighted by molar-refractivity contribution is -0.136. The van der Waals surface area contributed by atoms with Crippen LogP contribution in [0.2, 0.25) is 0 Å². The Kier molecular flexibility index (Phi) is 9.06. The zero-order chi connectivity index (χ0) is 33.5. The highest BCUT2D eigenvalue weighted by Crippen LogP contribution is 2.47. The van der Waals surface area contributed by atoms with E-state index < -0.39 is 11.5 Å². The number of aldehydes is 1. The predicted molar refractivity (Wildman–Crippen MR) is 188 cm³/mol. The molecule has 1 aliphatic carbocycles. The fourth-order valence-corrected chi connectivity index (χ4v) is 8.56. The van der Waals surface area contributed by atoms with Crippen molar-refractivity contribution >= 4 is 62.9 Å². The number of carbonyl (C=O) groups excluding carboxylic acids is 3. The lowest BCUT2D eigenvalue weighted by atomic mass is 9.81. The number of hydrogen-bond acceptors (Lipinski definition) is 8. The number of alkyl halides is 1. The van der Waals surface area contributed by atoms with Crippen LogP contribution in [0.4, 0.5) is 0 Å². The van der Waals surface area contributed by atoms with E-state index in [4.69, 9.17) is 26.1 Å². The van der Waals surface area contributed by atoms with Gasteiger partial charge in [-0.1, -0.05) is 43.0 Å². The Balaban J connectivity index is 1.50. The van der Waals surface area contributed by atoms with Crippen molar-refractivity contribution in [2.45, 2.75) is 57.4 Å². The molecule has 1 atom stereocenters. The number of fused-ring (bicyclic) bond motifs is 2. The number of hydrogen-bond donors (Lipinski definition) is 0. The maximum Gasteiger partial charge on any atom is 0.337 e. The second-order valence-electron chi connectivity index (χ2n) is 12.6. The first kappa shape index (κ1) is 32.4. The number of morpholine rings is 1. The van der Waals surface area contributed by atoms with Crippen LogP contribution in [0.15, 0.2) is 42.5 Å². The number of amides is 1. The highest BCUT2D eigenvalue weighted by atomic mass is 35.5. The van der Waals surface area contributed by atoms with Crippen LogP contribution in [0.5, 0.6) is 0 Å². The summed E-state index contributed by atoms with van der Waals surface area (Å²) in [5.41, 5.74) is 5.16. The molecule has 1 aliphatic heterocycles. The minimum Gasteiger partial charge on any atom is -0.465 e. The van der Waals surface area contributed by atoms with Crippen LogP contribution in [0.25, 0.3) is 43.6 Å². The molecule has 3 aromatic heterocycles. The lowest BCUT2D eigenvalue weighted by Crippen LogP contribution is -2.43. The third kappa shape index (κ3) is 5.80. The summed E-state index contributed by atoms with van der Waals surface area (Å²) in [4.78, 5) is 52.1. The fourth-order valence-electron chi connectivity index (χ4n) is 7.33. The van der Waals surface area contributed by atoms with E-state index in [0.29, 0.717) is 54.0 Å². The molecule has 1 saturated carbocycles. The molecule has 1 unspecified atom stereocenters. The minimum absolute atomic E-state index is 0.178. The van der Waals surface area contributed by atoms with Gasteiger partial charge in [0.1, 0.15) is 0 Å². The van der Waals surface area contributed by atoms with Gasteiger partial charge in [-0.3, -0.25) is 9.59 Å². The molecule has 11 heteroatoms. The second-order valence-corrected chi connectivity index (χ2v) is 14.2. The first-order valence-electron chi connectivity index (χ1n) is 16.4. The van der Waals surface area contributed by atoms with Crippen LogP contribution in [-0.4, -0.2) is 71.0 Å². The number of halogens is 1. The van der Waals surface area contributed by atoms with Gasteiger partial charge in [0, 0.05) is 35.0 Å². The molecule has 1 saturated heterocycles. The highest BCUT2D eigenvalue weighted by molar-refractivity contribution is 7.15. The summed E-state index contributed by atoms with van der Waals surface area (Å²) >= 11 is 8.86. The lowest BCUT2D eigenvalue weighted by Gasteiger charge is -2.30. The van der Waals surface area contributed by atoms with Crippen LogP contribution in [0.3, 0.4) is 0 Å². The molecule has 48 heavy (non-hydrogen) atoms. The van der Waals surface area contributed by atoms with Crippen molar-refractivity contribution in [1.82, 2.24) is 19.4 Å². The Hall–Kier alpha value is -4.12. The summed E-state index contributed by atoms with van der Waals surface area (Å²) < 4.78 is 12.4. The molecular weight excluding hydrogens is 648 g/mol. The SMILES string of the molecule is COC(=O)c1ccc2c(C3CCCCC3)c(-c3cc4ccc(-c5sc(C)nc5C)nc4cc3C=O)n(C(Cl)C(=O)N3CCOCC3)c2c1. The quantitative estimate of drug-likeness (QED) is 0.0977. The largest absolute Gasteiger partial charge is 0.465 e. The summed E-state index contributed by atoms with van der Waals surface area (Å²) in [6, 6.07) is 13.3. The molecule has 0 bridgehead atoms.